The molecule has 0 fully saturated rings. The molecule has 0 N–H and O–H groups in total. The third-order valence-corrected chi connectivity index (χ3v) is 6.05. The number of aromatic nitrogens is 2. The molecule has 0 spiro atoms. The lowest BCUT2D eigenvalue weighted by Crippen LogP contribution is -2.26. The van der Waals surface area contributed by atoms with Gasteiger partial charge in [0.15, 0.2) is 4.96 Å². The standard InChI is InChI=1S/C17H19N3S3/c1-3-19(4-2)17(21)23-12-14-15(13-8-6-5-7-9-13)18-16-20(14)10-11-22-16/h5-11H,3-4,12H2,1-2H3. The predicted molar refractivity (Wildman–Crippen MR) is 105 cm³/mol. The normalized spacial score (nSPS) is 11.0. The van der Waals surface area contributed by atoms with Gasteiger partial charge in [-0.15, -0.1) is 11.3 Å². The number of fused-ring (bicyclic) bond motifs is 1. The fourth-order valence-electron chi connectivity index (χ4n) is 2.50. The SMILES string of the molecule is CCN(CC)C(=S)SCc1c(-c2ccccc2)nc2sccn12. The molecule has 0 saturated heterocycles. The maximum Gasteiger partial charge on any atom is 0.194 e. The third-order valence-electron chi connectivity index (χ3n) is 3.76. The van der Waals surface area contributed by atoms with E-state index in [1.54, 1.807) is 23.1 Å². The molecule has 2 aromatic heterocycles. The van der Waals surface area contributed by atoms with Gasteiger partial charge in [-0.3, -0.25) is 4.40 Å². The molecule has 0 aliphatic rings. The van der Waals surface area contributed by atoms with Gasteiger partial charge in [0.1, 0.15) is 4.32 Å². The molecule has 6 heteroatoms. The predicted octanol–water partition coefficient (Wildman–Crippen LogP) is 4.92. The minimum Gasteiger partial charge on any atom is -0.358 e. The van der Waals surface area contributed by atoms with Gasteiger partial charge in [-0.1, -0.05) is 54.3 Å². The van der Waals surface area contributed by atoms with Crippen molar-refractivity contribution in [1.29, 1.82) is 0 Å². The van der Waals surface area contributed by atoms with Gasteiger partial charge in [-0.2, -0.15) is 0 Å². The number of nitrogens with zero attached hydrogens (tertiary/aromatic N) is 3. The van der Waals surface area contributed by atoms with Gasteiger partial charge in [-0.05, 0) is 13.8 Å². The smallest absolute Gasteiger partial charge is 0.194 e. The molecular weight excluding hydrogens is 342 g/mol. The Labute approximate surface area is 150 Å². The van der Waals surface area contributed by atoms with E-state index in [0.717, 1.165) is 39.4 Å². The maximum atomic E-state index is 5.57. The van der Waals surface area contributed by atoms with Crippen molar-refractivity contribution in [3.05, 3.63) is 47.6 Å². The van der Waals surface area contributed by atoms with E-state index in [2.05, 4.69) is 59.0 Å². The lowest BCUT2D eigenvalue weighted by molar-refractivity contribution is 0.482. The van der Waals surface area contributed by atoms with Crippen LogP contribution in [0.1, 0.15) is 19.5 Å². The van der Waals surface area contributed by atoms with Gasteiger partial charge < -0.3 is 4.90 Å². The summed E-state index contributed by atoms with van der Waals surface area (Å²) < 4.78 is 3.14. The average molecular weight is 362 g/mol. The number of thiazole rings is 1. The van der Waals surface area contributed by atoms with Crippen LogP contribution in [0.5, 0.6) is 0 Å². The molecule has 0 aliphatic carbocycles. The maximum absolute atomic E-state index is 5.57. The summed E-state index contributed by atoms with van der Waals surface area (Å²) in [6.07, 6.45) is 2.09. The van der Waals surface area contributed by atoms with Crippen molar-refractivity contribution < 1.29 is 0 Å². The molecule has 0 amide bonds. The summed E-state index contributed by atoms with van der Waals surface area (Å²) in [5.41, 5.74) is 3.44. The molecule has 0 aliphatic heterocycles. The molecule has 23 heavy (non-hydrogen) atoms. The van der Waals surface area contributed by atoms with Gasteiger partial charge in [0.25, 0.3) is 0 Å². The van der Waals surface area contributed by atoms with Crippen molar-refractivity contribution in [3.63, 3.8) is 0 Å². The van der Waals surface area contributed by atoms with E-state index in [-0.39, 0.29) is 0 Å². The summed E-state index contributed by atoms with van der Waals surface area (Å²) in [7, 11) is 0. The molecule has 0 bridgehead atoms. The van der Waals surface area contributed by atoms with E-state index in [1.807, 2.05) is 6.07 Å². The topological polar surface area (TPSA) is 20.5 Å². The van der Waals surface area contributed by atoms with E-state index in [0.29, 0.717) is 0 Å². The number of thiocarbonyl (C=S) groups is 1. The lowest BCUT2D eigenvalue weighted by Gasteiger charge is -2.20. The van der Waals surface area contributed by atoms with Gasteiger partial charge in [0, 0.05) is 36.0 Å². The zero-order valence-electron chi connectivity index (χ0n) is 13.2. The van der Waals surface area contributed by atoms with Crippen molar-refractivity contribution in [2.24, 2.45) is 0 Å². The fourth-order valence-corrected chi connectivity index (χ4v) is 4.65. The van der Waals surface area contributed by atoms with Crippen LogP contribution in [-0.4, -0.2) is 31.7 Å². The van der Waals surface area contributed by atoms with Crippen molar-refractivity contribution in [2.45, 2.75) is 19.6 Å². The van der Waals surface area contributed by atoms with E-state index in [1.165, 1.54) is 5.69 Å². The Morgan fingerprint density at radius 2 is 2.00 bits per heavy atom. The highest BCUT2D eigenvalue weighted by atomic mass is 32.2. The zero-order chi connectivity index (χ0) is 16.2. The first-order valence-corrected chi connectivity index (χ1v) is 9.93. The van der Waals surface area contributed by atoms with Crippen molar-refractivity contribution in [2.75, 3.05) is 13.1 Å². The summed E-state index contributed by atoms with van der Waals surface area (Å²) in [4.78, 5) is 8.07. The molecule has 3 rings (SSSR count). The molecular formula is C17H19N3S3. The molecule has 3 nitrogen and oxygen atoms in total. The third kappa shape index (κ3) is 3.44. The Kier molecular flexibility index (Phi) is 5.35. The molecule has 1 aromatic carbocycles. The summed E-state index contributed by atoms with van der Waals surface area (Å²) in [6.45, 7) is 6.19. The number of benzene rings is 1. The molecule has 2 heterocycles. The fraction of sp³-hybridized carbons (Fsp3) is 0.294. The summed E-state index contributed by atoms with van der Waals surface area (Å²) in [6, 6.07) is 10.4. The van der Waals surface area contributed by atoms with Gasteiger partial charge in [-0.25, -0.2) is 4.98 Å². The lowest BCUT2D eigenvalue weighted by atomic mass is 10.1. The van der Waals surface area contributed by atoms with Crippen LogP contribution in [0.3, 0.4) is 0 Å². The van der Waals surface area contributed by atoms with Crippen molar-refractivity contribution in [3.8, 4) is 11.3 Å². The Bertz CT molecular complexity index is 788. The van der Waals surface area contributed by atoms with E-state index in [4.69, 9.17) is 17.2 Å². The van der Waals surface area contributed by atoms with Crippen molar-refractivity contribution >= 4 is 44.6 Å². The molecule has 0 radical (unpaired) electrons. The van der Waals surface area contributed by atoms with Crippen LogP contribution in [0.4, 0.5) is 0 Å². The Morgan fingerprint density at radius 1 is 1.26 bits per heavy atom. The van der Waals surface area contributed by atoms with Crippen LogP contribution in [0.25, 0.3) is 16.2 Å². The van der Waals surface area contributed by atoms with Crippen LogP contribution in [-0.2, 0) is 5.75 Å². The highest BCUT2D eigenvalue weighted by Crippen LogP contribution is 2.30. The number of hydrogen-bond donors (Lipinski definition) is 0. The second kappa shape index (κ2) is 7.47. The quantitative estimate of drug-likeness (QED) is 0.601. The molecule has 3 aromatic rings. The van der Waals surface area contributed by atoms with Crippen LogP contribution in [0.15, 0.2) is 41.9 Å². The van der Waals surface area contributed by atoms with Gasteiger partial charge in [0.2, 0.25) is 0 Å². The van der Waals surface area contributed by atoms with Crippen LogP contribution in [0, 0.1) is 0 Å². The number of imidazole rings is 1. The molecule has 120 valence electrons. The average Bonchev–Trinajstić information content (AvgIpc) is 3.16. The number of hydrogen-bond acceptors (Lipinski definition) is 4. The minimum atomic E-state index is 0.831. The summed E-state index contributed by atoms with van der Waals surface area (Å²) in [5.74, 6) is 0.831. The van der Waals surface area contributed by atoms with E-state index >= 15 is 0 Å². The van der Waals surface area contributed by atoms with Crippen LogP contribution in [0.2, 0.25) is 0 Å². The van der Waals surface area contributed by atoms with Crippen molar-refractivity contribution in [1.82, 2.24) is 14.3 Å². The zero-order valence-corrected chi connectivity index (χ0v) is 15.7. The largest absolute Gasteiger partial charge is 0.358 e. The molecule has 0 saturated carbocycles. The number of thioether (sulfide) groups is 1. The molecule has 0 unspecified atom stereocenters. The van der Waals surface area contributed by atoms with Crippen LogP contribution >= 0.6 is 35.3 Å². The summed E-state index contributed by atoms with van der Waals surface area (Å²) >= 11 is 8.96. The Hall–Kier alpha value is -1.37. The second-order valence-electron chi connectivity index (χ2n) is 5.06. The monoisotopic (exact) mass is 361 g/mol. The van der Waals surface area contributed by atoms with Gasteiger partial charge in [0.05, 0.1) is 11.4 Å². The first kappa shape index (κ1) is 16.5. The molecule has 0 atom stereocenters. The van der Waals surface area contributed by atoms with Gasteiger partial charge >= 0.3 is 0 Å². The first-order valence-electron chi connectivity index (χ1n) is 7.66. The second-order valence-corrected chi connectivity index (χ2v) is 7.54. The first-order chi connectivity index (χ1) is 11.2. The highest BCUT2D eigenvalue weighted by Gasteiger charge is 2.16. The Balaban J connectivity index is 1.90. The highest BCUT2D eigenvalue weighted by molar-refractivity contribution is 8.22. The Morgan fingerprint density at radius 3 is 2.70 bits per heavy atom. The minimum absolute atomic E-state index is 0.831. The van der Waals surface area contributed by atoms with E-state index < -0.39 is 0 Å². The number of rotatable bonds is 5. The van der Waals surface area contributed by atoms with Crippen LogP contribution < -0.4 is 0 Å². The van der Waals surface area contributed by atoms with E-state index in [9.17, 15) is 0 Å². The summed E-state index contributed by atoms with van der Waals surface area (Å²) in [5, 5.41) is 2.08.